The van der Waals surface area contributed by atoms with Crippen LogP contribution in [0.4, 0.5) is 5.69 Å². The Morgan fingerprint density at radius 3 is 2.07 bits per heavy atom. The molecule has 0 aromatic heterocycles. The topological polar surface area (TPSA) is 26.0 Å². The molecule has 78 valence electrons. The van der Waals surface area contributed by atoms with Crippen molar-refractivity contribution in [2.75, 3.05) is 5.73 Å². The summed E-state index contributed by atoms with van der Waals surface area (Å²) >= 11 is 0. The van der Waals surface area contributed by atoms with Gasteiger partial charge in [-0.2, -0.15) is 0 Å². The van der Waals surface area contributed by atoms with Gasteiger partial charge >= 0.3 is 0 Å². The fraction of sp³-hybridized carbons (Fsp3) is 0.538. The van der Waals surface area contributed by atoms with E-state index in [0.717, 1.165) is 5.69 Å². The molecule has 0 aliphatic carbocycles. The van der Waals surface area contributed by atoms with E-state index in [4.69, 9.17) is 5.73 Å². The molecule has 1 rings (SSSR count). The lowest BCUT2D eigenvalue weighted by atomic mass is 9.80. The first-order chi connectivity index (χ1) is 6.34. The van der Waals surface area contributed by atoms with Gasteiger partial charge in [-0.25, -0.2) is 0 Å². The molecule has 2 N–H and O–H groups in total. The van der Waals surface area contributed by atoms with Gasteiger partial charge < -0.3 is 5.73 Å². The Bertz CT molecular complexity index is 318. The summed E-state index contributed by atoms with van der Waals surface area (Å²) in [5, 5.41) is 0. The molecule has 0 saturated carbocycles. The van der Waals surface area contributed by atoms with Gasteiger partial charge in [0.1, 0.15) is 0 Å². The van der Waals surface area contributed by atoms with Crippen LogP contribution in [-0.4, -0.2) is 0 Å². The molecule has 0 amide bonds. The largest absolute Gasteiger partial charge is 0.398 e. The minimum atomic E-state index is 0.130. The summed E-state index contributed by atoms with van der Waals surface area (Å²) in [7, 11) is 0. The van der Waals surface area contributed by atoms with Crippen LogP contribution in [0.1, 0.15) is 51.7 Å². The van der Waals surface area contributed by atoms with Crippen LogP contribution in [0.25, 0.3) is 0 Å². The molecule has 1 aromatic carbocycles. The van der Waals surface area contributed by atoms with Crippen LogP contribution in [0.3, 0.4) is 0 Å². The van der Waals surface area contributed by atoms with Crippen LogP contribution in [0.15, 0.2) is 18.2 Å². The number of hydrogen-bond acceptors (Lipinski definition) is 1. The minimum Gasteiger partial charge on any atom is -0.398 e. The number of hydrogen-bond donors (Lipinski definition) is 1. The fourth-order valence-corrected chi connectivity index (χ4v) is 1.94. The molecule has 1 aromatic rings. The predicted molar refractivity (Wildman–Crippen MR) is 63.6 cm³/mol. The summed E-state index contributed by atoms with van der Waals surface area (Å²) in [5.41, 5.74) is 9.77. The zero-order chi connectivity index (χ0) is 10.9. The third-order valence-corrected chi connectivity index (χ3v) is 2.50. The van der Waals surface area contributed by atoms with Crippen molar-refractivity contribution in [1.82, 2.24) is 0 Å². The van der Waals surface area contributed by atoms with E-state index in [-0.39, 0.29) is 5.41 Å². The van der Waals surface area contributed by atoms with Crippen molar-refractivity contribution in [2.24, 2.45) is 0 Å². The lowest BCUT2D eigenvalue weighted by Crippen LogP contribution is -2.17. The Morgan fingerprint density at radius 2 is 1.71 bits per heavy atom. The summed E-state index contributed by atoms with van der Waals surface area (Å²) in [6, 6.07) is 6.22. The fourth-order valence-electron chi connectivity index (χ4n) is 1.94. The van der Waals surface area contributed by atoms with E-state index in [0.29, 0.717) is 5.92 Å². The summed E-state index contributed by atoms with van der Waals surface area (Å²) in [6.07, 6.45) is 0. The van der Waals surface area contributed by atoms with Gasteiger partial charge in [-0.05, 0) is 28.5 Å². The van der Waals surface area contributed by atoms with E-state index in [1.165, 1.54) is 11.1 Å². The maximum Gasteiger partial charge on any atom is 0.0354 e. The molecule has 0 spiro atoms. The lowest BCUT2D eigenvalue weighted by molar-refractivity contribution is 0.579. The van der Waals surface area contributed by atoms with Crippen molar-refractivity contribution in [3.8, 4) is 0 Å². The van der Waals surface area contributed by atoms with E-state index in [1.54, 1.807) is 0 Å². The van der Waals surface area contributed by atoms with Gasteiger partial charge in [0, 0.05) is 5.69 Å². The van der Waals surface area contributed by atoms with Crippen LogP contribution in [0.2, 0.25) is 0 Å². The highest BCUT2D eigenvalue weighted by Gasteiger charge is 2.21. The van der Waals surface area contributed by atoms with Crippen molar-refractivity contribution in [1.29, 1.82) is 0 Å². The lowest BCUT2D eigenvalue weighted by Gasteiger charge is -2.26. The van der Waals surface area contributed by atoms with Crippen LogP contribution < -0.4 is 5.73 Å². The Labute approximate surface area is 87.3 Å². The molecule has 1 nitrogen and oxygen atoms in total. The highest BCUT2D eigenvalue weighted by Crippen LogP contribution is 2.34. The Morgan fingerprint density at radius 1 is 1.14 bits per heavy atom. The van der Waals surface area contributed by atoms with E-state index in [9.17, 15) is 0 Å². The molecule has 0 aliphatic rings. The maximum atomic E-state index is 6.05. The summed E-state index contributed by atoms with van der Waals surface area (Å²) < 4.78 is 0. The molecular weight excluding hydrogens is 170 g/mol. The van der Waals surface area contributed by atoms with Gasteiger partial charge in [0.05, 0.1) is 0 Å². The quantitative estimate of drug-likeness (QED) is 0.673. The van der Waals surface area contributed by atoms with Gasteiger partial charge in [-0.15, -0.1) is 0 Å². The zero-order valence-corrected chi connectivity index (χ0v) is 9.89. The van der Waals surface area contributed by atoms with Crippen LogP contribution in [-0.2, 0) is 5.41 Å². The highest BCUT2D eigenvalue weighted by atomic mass is 14.6. The second-order valence-electron chi connectivity index (χ2n) is 5.22. The monoisotopic (exact) mass is 191 g/mol. The molecule has 0 saturated heterocycles. The van der Waals surface area contributed by atoms with Gasteiger partial charge in [-0.3, -0.25) is 0 Å². The first-order valence-electron chi connectivity index (χ1n) is 5.23. The molecule has 0 radical (unpaired) electrons. The first-order valence-corrected chi connectivity index (χ1v) is 5.23. The molecule has 0 unspecified atom stereocenters. The molecule has 0 atom stereocenters. The SMILES string of the molecule is CC(C)c1cccc(N)c1C(C)(C)C. The first kappa shape index (κ1) is 11.1. The van der Waals surface area contributed by atoms with E-state index < -0.39 is 0 Å². The molecular formula is C13H21N. The van der Waals surface area contributed by atoms with Crippen molar-refractivity contribution in [3.05, 3.63) is 29.3 Å². The van der Waals surface area contributed by atoms with Crippen LogP contribution in [0.5, 0.6) is 0 Å². The summed E-state index contributed by atoms with van der Waals surface area (Å²) in [5.74, 6) is 0.535. The maximum absolute atomic E-state index is 6.05. The molecule has 14 heavy (non-hydrogen) atoms. The Balaban J connectivity index is 3.38. The van der Waals surface area contributed by atoms with Gasteiger partial charge in [-0.1, -0.05) is 46.8 Å². The third kappa shape index (κ3) is 2.09. The average Bonchev–Trinajstić information content (AvgIpc) is 2.01. The number of rotatable bonds is 1. The normalized spacial score (nSPS) is 12.1. The van der Waals surface area contributed by atoms with Gasteiger partial charge in [0.15, 0.2) is 0 Å². The number of nitrogens with two attached hydrogens (primary N) is 1. The van der Waals surface area contributed by atoms with E-state index in [2.05, 4.69) is 40.7 Å². The van der Waals surface area contributed by atoms with Crippen molar-refractivity contribution in [2.45, 2.75) is 46.0 Å². The van der Waals surface area contributed by atoms with Crippen LogP contribution in [0, 0.1) is 0 Å². The van der Waals surface area contributed by atoms with Gasteiger partial charge in [0.25, 0.3) is 0 Å². The second-order valence-corrected chi connectivity index (χ2v) is 5.22. The molecule has 0 bridgehead atoms. The number of anilines is 1. The molecule has 0 fully saturated rings. The van der Waals surface area contributed by atoms with Crippen molar-refractivity contribution >= 4 is 5.69 Å². The molecule has 0 aliphatic heterocycles. The second kappa shape index (κ2) is 3.64. The summed E-state index contributed by atoms with van der Waals surface area (Å²) in [4.78, 5) is 0. The Hall–Kier alpha value is -0.980. The number of benzene rings is 1. The Kier molecular flexibility index (Phi) is 2.89. The van der Waals surface area contributed by atoms with E-state index in [1.807, 2.05) is 12.1 Å². The average molecular weight is 191 g/mol. The smallest absolute Gasteiger partial charge is 0.0354 e. The minimum absolute atomic E-state index is 0.130. The zero-order valence-electron chi connectivity index (χ0n) is 9.89. The van der Waals surface area contributed by atoms with Crippen molar-refractivity contribution in [3.63, 3.8) is 0 Å². The highest BCUT2D eigenvalue weighted by molar-refractivity contribution is 5.55. The number of nitrogen functional groups attached to an aromatic ring is 1. The summed E-state index contributed by atoms with van der Waals surface area (Å²) in [6.45, 7) is 11.1. The van der Waals surface area contributed by atoms with Gasteiger partial charge in [0.2, 0.25) is 0 Å². The predicted octanol–water partition coefficient (Wildman–Crippen LogP) is 3.69. The van der Waals surface area contributed by atoms with Crippen LogP contribution >= 0.6 is 0 Å². The standard InChI is InChI=1S/C13H21N/c1-9(2)10-7-6-8-11(14)12(10)13(3,4)5/h6-9H,14H2,1-5H3. The van der Waals surface area contributed by atoms with E-state index >= 15 is 0 Å². The molecule has 0 heterocycles. The third-order valence-electron chi connectivity index (χ3n) is 2.50. The van der Waals surface area contributed by atoms with Crippen molar-refractivity contribution < 1.29 is 0 Å². The molecule has 1 heteroatoms.